The van der Waals surface area contributed by atoms with Gasteiger partial charge in [0.15, 0.2) is 0 Å². The van der Waals surface area contributed by atoms with E-state index < -0.39 is 0 Å². The summed E-state index contributed by atoms with van der Waals surface area (Å²) in [5.41, 5.74) is 2.96. The van der Waals surface area contributed by atoms with E-state index in [4.69, 9.17) is 0 Å². The Kier molecular flexibility index (Phi) is 7.09. The lowest BCUT2D eigenvalue weighted by atomic mass is 10.0. The average Bonchev–Trinajstić information content (AvgIpc) is 2.63. The molecule has 0 bridgehead atoms. The van der Waals surface area contributed by atoms with Gasteiger partial charge in [0.25, 0.3) is 0 Å². The molecule has 1 heterocycles. The third-order valence-electron chi connectivity index (χ3n) is 4.83. The first-order chi connectivity index (χ1) is 12.4. The van der Waals surface area contributed by atoms with E-state index in [1.807, 2.05) is 6.07 Å². The monoisotopic (exact) mass is 358 g/mol. The normalized spacial score (nSPS) is 11.8. The largest absolute Gasteiger partial charge is 0.367 e. The minimum Gasteiger partial charge on any atom is -0.367 e. The van der Waals surface area contributed by atoms with Gasteiger partial charge in [0.05, 0.1) is 5.69 Å². The molecule has 26 heavy (non-hydrogen) atoms. The summed E-state index contributed by atoms with van der Waals surface area (Å²) in [6, 6.07) is 8.61. The van der Waals surface area contributed by atoms with Gasteiger partial charge in [-0.15, -0.1) is 5.10 Å². The lowest BCUT2D eigenvalue weighted by molar-refractivity contribution is 0.147. The Morgan fingerprint density at radius 2 is 1.69 bits per heavy atom. The molecule has 0 unspecified atom stereocenters. The molecule has 0 amide bonds. The zero-order valence-electron chi connectivity index (χ0n) is 16.6. The zero-order chi connectivity index (χ0) is 19.2. The van der Waals surface area contributed by atoms with E-state index in [2.05, 4.69) is 55.0 Å². The first-order valence-electron chi connectivity index (χ1n) is 9.52. The van der Waals surface area contributed by atoms with Crippen LogP contribution in [0.25, 0.3) is 11.1 Å². The second kappa shape index (κ2) is 9.08. The smallest absolute Gasteiger partial charge is 0.149 e. The average molecular weight is 359 g/mol. The fourth-order valence-corrected chi connectivity index (χ4v) is 3.30. The van der Waals surface area contributed by atoms with Gasteiger partial charge in [0.1, 0.15) is 11.6 Å². The predicted molar refractivity (Wildman–Crippen MR) is 107 cm³/mol. The fourth-order valence-electron chi connectivity index (χ4n) is 3.30. The van der Waals surface area contributed by atoms with Gasteiger partial charge in [0.2, 0.25) is 0 Å². The molecule has 0 aliphatic rings. The molecule has 0 aliphatic heterocycles. The van der Waals surface area contributed by atoms with Gasteiger partial charge >= 0.3 is 0 Å². The summed E-state index contributed by atoms with van der Waals surface area (Å²) < 4.78 is 13.3. The van der Waals surface area contributed by atoms with Crippen molar-refractivity contribution in [2.75, 3.05) is 25.0 Å². The van der Waals surface area contributed by atoms with E-state index in [9.17, 15) is 4.39 Å². The van der Waals surface area contributed by atoms with Crippen LogP contribution in [0, 0.1) is 5.82 Å². The topological polar surface area (TPSA) is 41.1 Å². The van der Waals surface area contributed by atoms with Gasteiger partial charge in [-0.2, -0.15) is 5.10 Å². The van der Waals surface area contributed by atoms with Gasteiger partial charge < -0.3 is 5.32 Å². The Morgan fingerprint density at radius 3 is 2.27 bits per heavy atom. The summed E-state index contributed by atoms with van der Waals surface area (Å²) in [5.74, 6) is 0.525. The third kappa shape index (κ3) is 5.01. The number of benzene rings is 1. The maximum atomic E-state index is 13.3. The Bertz CT molecular complexity index is 694. The van der Waals surface area contributed by atoms with Crippen LogP contribution in [0.4, 0.5) is 10.2 Å². The number of hydrogen-bond acceptors (Lipinski definition) is 4. The molecular formula is C21H31FN4. The van der Waals surface area contributed by atoms with Crippen LogP contribution in [-0.4, -0.2) is 40.3 Å². The van der Waals surface area contributed by atoms with Gasteiger partial charge in [-0.1, -0.05) is 39.3 Å². The van der Waals surface area contributed by atoms with Crippen LogP contribution in [-0.2, 0) is 6.42 Å². The molecule has 0 saturated heterocycles. The maximum absolute atomic E-state index is 13.3. The number of nitrogens with one attached hydrogen (secondary N) is 1. The molecule has 1 N–H and O–H groups in total. The molecule has 1 aromatic carbocycles. The van der Waals surface area contributed by atoms with Crippen LogP contribution in [0.3, 0.4) is 0 Å². The van der Waals surface area contributed by atoms with E-state index >= 15 is 0 Å². The van der Waals surface area contributed by atoms with Crippen LogP contribution in [0.15, 0.2) is 30.3 Å². The summed E-state index contributed by atoms with van der Waals surface area (Å²) in [6.45, 7) is 13.7. The van der Waals surface area contributed by atoms with E-state index in [0.717, 1.165) is 55.1 Å². The molecule has 0 aliphatic carbocycles. The molecule has 0 atom stereocenters. The quantitative estimate of drug-likeness (QED) is 0.701. The highest BCUT2D eigenvalue weighted by Crippen LogP contribution is 2.26. The van der Waals surface area contributed by atoms with Gasteiger partial charge in [-0.05, 0) is 57.1 Å². The molecule has 2 aromatic rings. The lowest BCUT2D eigenvalue weighted by Crippen LogP contribution is -2.48. The number of likely N-dealkylation sites (N-methyl/N-ethyl adjacent to an activating group) is 1. The lowest BCUT2D eigenvalue weighted by Gasteiger charge is -2.37. The molecule has 2 rings (SSSR count). The summed E-state index contributed by atoms with van der Waals surface area (Å²) in [7, 11) is 0. The summed E-state index contributed by atoms with van der Waals surface area (Å²) >= 11 is 0. The Morgan fingerprint density at radius 1 is 1.04 bits per heavy atom. The second-order valence-corrected chi connectivity index (χ2v) is 7.19. The molecule has 1 aromatic heterocycles. The van der Waals surface area contributed by atoms with Gasteiger partial charge in [0, 0.05) is 17.6 Å². The molecule has 5 heteroatoms. The molecule has 0 saturated carbocycles. The van der Waals surface area contributed by atoms with Crippen molar-refractivity contribution in [3.8, 4) is 11.1 Å². The molecule has 4 nitrogen and oxygen atoms in total. The first kappa shape index (κ1) is 20.3. The highest BCUT2D eigenvalue weighted by atomic mass is 19.1. The zero-order valence-corrected chi connectivity index (χ0v) is 16.6. The highest BCUT2D eigenvalue weighted by molar-refractivity contribution is 5.68. The van der Waals surface area contributed by atoms with Crippen molar-refractivity contribution in [3.05, 3.63) is 41.8 Å². The summed E-state index contributed by atoms with van der Waals surface area (Å²) in [6.07, 6.45) is 1.84. The Labute approximate surface area is 156 Å². The van der Waals surface area contributed by atoms with Crippen molar-refractivity contribution >= 4 is 5.82 Å². The van der Waals surface area contributed by atoms with Crippen LogP contribution in [0.5, 0.6) is 0 Å². The van der Waals surface area contributed by atoms with Crippen LogP contribution >= 0.6 is 0 Å². The van der Waals surface area contributed by atoms with Crippen molar-refractivity contribution in [2.45, 2.75) is 53.0 Å². The number of hydrogen-bond donors (Lipinski definition) is 1. The minimum absolute atomic E-state index is 0.0172. The van der Waals surface area contributed by atoms with Crippen molar-refractivity contribution in [1.82, 2.24) is 15.1 Å². The van der Waals surface area contributed by atoms with Crippen LogP contribution < -0.4 is 5.32 Å². The van der Waals surface area contributed by atoms with E-state index in [0.29, 0.717) is 0 Å². The van der Waals surface area contributed by atoms with E-state index in [1.54, 1.807) is 12.1 Å². The SMILES string of the molecule is CCCc1nnc(NCC(C)(C)N(CC)CC)cc1-c1ccc(F)cc1. The second-order valence-electron chi connectivity index (χ2n) is 7.19. The molecule has 0 spiro atoms. The Hall–Kier alpha value is -2.01. The molecule has 0 radical (unpaired) electrons. The third-order valence-corrected chi connectivity index (χ3v) is 4.83. The maximum Gasteiger partial charge on any atom is 0.149 e. The number of rotatable bonds is 9. The predicted octanol–water partition coefficient (Wildman–Crippen LogP) is 4.77. The number of nitrogens with zero attached hydrogens (tertiary/aromatic N) is 3. The molecular weight excluding hydrogens is 327 g/mol. The van der Waals surface area contributed by atoms with Gasteiger partial charge in [-0.25, -0.2) is 4.39 Å². The van der Waals surface area contributed by atoms with E-state index in [1.165, 1.54) is 12.1 Å². The fraction of sp³-hybridized carbons (Fsp3) is 0.524. The molecule has 142 valence electrons. The standard InChI is InChI=1S/C21H31FN4/c1-6-9-19-18(16-10-12-17(22)13-11-16)14-20(25-24-19)23-15-21(4,5)26(7-2)8-3/h10-14H,6-9,15H2,1-5H3,(H,23,25). The van der Waals surface area contributed by atoms with E-state index in [-0.39, 0.29) is 11.4 Å². The highest BCUT2D eigenvalue weighted by Gasteiger charge is 2.24. The van der Waals surface area contributed by atoms with Gasteiger partial charge in [-0.3, -0.25) is 4.90 Å². The number of halogens is 1. The van der Waals surface area contributed by atoms with Crippen molar-refractivity contribution in [3.63, 3.8) is 0 Å². The number of aromatic nitrogens is 2. The first-order valence-corrected chi connectivity index (χ1v) is 9.52. The summed E-state index contributed by atoms with van der Waals surface area (Å²) in [4.78, 5) is 2.42. The number of aryl methyl sites for hydroxylation is 1. The van der Waals surface area contributed by atoms with Crippen molar-refractivity contribution in [2.24, 2.45) is 0 Å². The Balaban J connectivity index is 2.25. The number of anilines is 1. The minimum atomic E-state index is -0.230. The van der Waals surface area contributed by atoms with Crippen molar-refractivity contribution < 1.29 is 4.39 Å². The van der Waals surface area contributed by atoms with Crippen molar-refractivity contribution in [1.29, 1.82) is 0 Å². The molecule has 0 fully saturated rings. The van der Waals surface area contributed by atoms with Crippen LogP contribution in [0.2, 0.25) is 0 Å². The summed E-state index contributed by atoms with van der Waals surface area (Å²) in [5, 5.41) is 12.2. The van der Waals surface area contributed by atoms with Crippen LogP contribution in [0.1, 0.15) is 46.7 Å².